The maximum Gasteiger partial charge on any atom is 0.257 e. The average Bonchev–Trinajstić information content (AvgIpc) is 3.14. The van der Waals surface area contributed by atoms with Crippen LogP contribution in [0.4, 0.5) is 5.13 Å². The SMILES string of the molecule is COc1cc(Cl)c(-c2nnc(NC(=O)c3ccc4c(c3)OCCO4)s2)c(Cl)c1. The van der Waals surface area contributed by atoms with E-state index < -0.39 is 0 Å². The molecule has 1 N–H and O–H groups in total. The molecule has 28 heavy (non-hydrogen) atoms. The molecular weight excluding hydrogens is 425 g/mol. The lowest BCUT2D eigenvalue weighted by molar-refractivity contribution is 0.102. The Bertz CT molecular complexity index is 1030. The molecule has 1 aromatic heterocycles. The van der Waals surface area contributed by atoms with Gasteiger partial charge in [-0.05, 0) is 30.3 Å². The summed E-state index contributed by atoms with van der Waals surface area (Å²) in [5.41, 5.74) is 0.947. The number of fused-ring (bicyclic) bond motifs is 1. The van der Waals surface area contributed by atoms with Gasteiger partial charge in [-0.2, -0.15) is 0 Å². The van der Waals surface area contributed by atoms with E-state index in [0.717, 1.165) is 11.3 Å². The summed E-state index contributed by atoms with van der Waals surface area (Å²) in [5, 5.41) is 12.4. The molecule has 0 bridgehead atoms. The van der Waals surface area contributed by atoms with Crippen LogP contribution in [0, 0.1) is 0 Å². The molecule has 7 nitrogen and oxygen atoms in total. The summed E-state index contributed by atoms with van der Waals surface area (Å²) in [7, 11) is 1.53. The topological polar surface area (TPSA) is 82.6 Å². The fraction of sp³-hybridized carbons (Fsp3) is 0.167. The third kappa shape index (κ3) is 3.71. The fourth-order valence-electron chi connectivity index (χ4n) is 2.60. The molecule has 4 rings (SSSR count). The predicted octanol–water partition coefficient (Wildman–Crippen LogP) is 4.54. The van der Waals surface area contributed by atoms with E-state index in [0.29, 0.717) is 61.8 Å². The quantitative estimate of drug-likeness (QED) is 0.644. The lowest BCUT2D eigenvalue weighted by atomic mass is 10.2. The second-order valence-corrected chi connectivity index (χ2v) is 7.48. The third-order valence-corrected chi connectivity index (χ3v) is 5.37. The number of amides is 1. The number of aromatic nitrogens is 2. The standard InChI is InChI=1S/C18H13Cl2N3O4S/c1-25-10-7-11(19)15(12(20)8-10)17-22-23-18(28-17)21-16(24)9-2-3-13-14(6-9)27-5-4-26-13/h2-3,6-8H,4-5H2,1H3,(H,21,23,24). The fourth-order valence-corrected chi connectivity index (χ4v) is 4.17. The highest BCUT2D eigenvalue weighted by Crippen LogP contribution is 2.40. The van der Waals surface area contributed by atoms with Gasteiger partial charge < -0.3 is 14.2 Å². The minimum atomic E-state index is -0.341. The first kappa shape index (κ1) is 18.8. The Balaban J connectivity index is 1.55. The molecule has 10 heteroatoms. The zero-order chi connectivity index (χ0) is 19.7. The number of hydrogen-bond acceptors (Lipinski definition) is 7. The van der Waals surface area contributed by atoms with Crippen molar-refractivity contribution < 1.29 is 19.0 Å². The van der Waals surface area contributed by atoms with Gasteiger partial charge in [-0.1, -0.05) is 34.5 Å². The Morgan fingerprint density at radius 1 is 1.11 bits per heavy atom. The van der Waals surface area contributed by atoms with Crippen molar-refractivity contribution in [3.05, 3.63) is 45.9 Å². The Labute approximate surface area is 174 Å². The van der Waals surface area contributed by atoms with Crippen LogP contribution in [0.1, 0.15) is 10.4 Å². The summed E-state index contributed by atoms with van der Waals surface area (Å²) in [5.74, 6) is 1.35. The Hall–Kier alpha value is -2.55. The molecule has 0 aliphatic carbocycles. The van der Waals surface area contributed by atoms with E-state index in [-0.39, 0.29) is 5.91 Å². The van der Waals surface area contributed by atoms with Crippen LogP contribution in [0.25, 0.3) is 10.6 Å². The number of nitrogens with zero attached hydrogens (tertiary/aromatic N) is 2. The molecule has 3 aromatic rings. The van der Waals surface area contributed by atoms with E-state index >= 15 is 0 Å². The van der Waals surface area contributed by atoms with E-state index in [1.165, 1.54) is 7.11 Å². The maximum absolute atomic E-state index is 12.5. The first-order chi connectivity index (χ1) is 13.5. The molecule has 0 unspecified atom stereocenters. The van der Waals surface area contributed by atoms with Crippen molar-refractivity contribution in [1.82, 2.24) is 10.2 Å². The Morgan fingerprint density at radius 2 is 1.82 bits per heavy atom. The molecule has 1 aliphatic rings. The molecule has 144 valence electrons. The molecular formula is C18H13Cl2N3O4S. The highest BCUT2D eigenvalue weighted by molar-refractivity contribution is 7.18. The summed E-state index contributed by atoms with van der Waals surface area (Å²) in [6.07, 6.45) is 0. The zero-order valence-electron chi connectivity index (χ0n) is 14.5. The van der Waals surface area contributed by atoms with Gasteiger partial charge in [-0.25, -0.2) is 0 Å². The smallest absolute Gasteiger partial charge is 0.257 e. The van der Waals surface area contributed by atoms with Gasteiger partial charge in [0, 0.05) is 5.56 Å². The summed E-state index contributed by atoms with van der Waals surface area (Å²) in [4.78, 5) is 12.5. The van der Waals surface area contributed by atoms with Crippen LogP contribution in [-0.4, -0.2) is 36.4 Å². The Morgan fingerprint density at radius 3 is 2.54 bits per heavy atom. The van der Waals surface area contributed by atoms with Crippen LogP contribution in [0.15, 0.2) is 30.3 Å². The van der Waals surface area contributed by atoms with Gasteiger partial charge >= 0.3 is 0 Å². The van der Waals surface area contributed by atoms with E-state index in [1.807, 2.05) is 0 Å². The minimum Gasteiger partial charge on any atom is -0.497 e. The number of nitrogens with one attached hydrogen (secondary N) is 1. The van der Waals surface area contributed by atoms with Crippen LogP contribution in [0.5, 0.6) is 17.2 Å². The van der Waals surface area contributed by atoms with Crippen LogP contribution < -0.4 is 19.5 Å². The number of hydrogen-bond donors (Lipinski definition) is 1. The van der Waals surface area contributed by atoms with E-state index in [2.05, 4.69) is 15.5 Å². The first-order valence-corrected chi connectivity index (χ1v) is 9.70. The predicted molar refractivity (Wildman–Crippen MR) is 107 cm³/mol. The number of carbonyl (C=O) groups is 1. The molecule has 2 aromatic carbocycles. The van der Waals surface area contributed by atoms with Crippen molar-refractivity contribution in [3.8, 4) is 27.8 Å². The van der Waals surface area contributed by atoms with Crippen molar-refractivity contribution in [3.63, 3.8) is 0 Å². The normalized spacial score (nSPS) is 12.5. The molecule has 0 saturated carbocycles. The molecule has 0 saturated heterocycles. The van der Waals surface area contributed by atoms with Crippen molar-refractivity contribution in [1.29, 1.82) is 0 Å². The number of anilines is 1. The summed E-state index contributed by atoms with van der Waals surface area (Å²) in [6, 6.07) is 8.26. The van der Waals surface area contributed by atoms with Gasteiger partial charge in [0.2, 0.25) is 5.13 Å². The second-order valence-electron chi connectivity index (χ2n) is 5.69. The molecule has 1 amide bonds. The lowest BCUT2D eigenvalue weighted by Crippen LogP contribution is -2.17. The third-order valence-electron chi connectivity index (χ3n) is 3.92. The summed E-state index contributed by atoms with van der Waals surface area (Å²) in [6.45, 7) is 0.934. The van der Waals surface area contributed by atoms with Crippen molar-refractivity contribution in [2.45, 2.75) is 0 Å². The van der Waals surface area contributed by atoms with E-state index in [1.54, 1.807) is 30.3 Å². The van der Waals surface area contributed by atoms with Crippen LogP contribution >= 0.6 is 34.5 Å². The average molecular weight is 438 g/mol. The van der Waals surface area contributed by atoms with E-state index in [9.17, 15) is 4.79 Å². The molecule has 0 atom stereocenters. The molecule has 0 spiro atoms. The van der Waals surface area contributed by atoms with Gasteiger partial charge in [0.05, 0.1) is 22.7 Å². The number of carbonyl (C=O) groups excluding carboxylic acids is 1. The number of rotatable bonds is 4. The van der Waals surface area contributed by atoms with Crippen molar-refractivity contribution in [2.24, 2.45) is 0 Å². The van der Waals surface area contributed by atoms with Crippen LogP contribution in [0.3, 0.4) is 0 Å². The number of benzene rings is 2. The zero-order valence-corrected chi connectivity index (χ0v) is 16.8. The monoisotopic (exact) mass is 437 g/mol. The van der Waals surface area contributed by atoms with Crippen molar-refractivity contribution >= 4 is 45.6 Å². The van der Waals surface area contributed by atoms with E-state index in [4.69, 9.17) is 37.4 Å². The van der Waals surface area contributed by atoms with Crippen LogP contribution in [0.2, 0.25) is 10.0 Å². The maximum atomic E-state index is 12.5. The Kier molecular flexibility index (Phi) is 5.25. The lowest BCUT2D eigenvalue weighted by Gasteiger charge is -2.18. The van der Waals surface area contributed by atoms with Gasteiger partial charge in [-0.15, -0.1) is 10.2 Å². The van der Waals surface area contributed by atoms with Crippen molar-refractivity contribution in [2.75, 3.05) is 25.6 Å². The number of halogens is 2. The van der Waals surface area contributed by atoms with Gasteiger partial charge in [0.25, 0.3) is 5.91 Å². The summed E-state index contributed by atoms with van der Waals surface area (Å²) >= 11 is 13.7. The largest absolute Gasteiger partial charge is 0.497 e. The first-order valence-electron chi connectivity index (χ1n) is 8.13. The summed E-state index contributed by atoms with van der Waals surface area (Å²) < 4.78 is 16.1. The van der Waals surface area contributed by atoms with Gasteiger partial charge in [0.15, 0.2) is 16.5 Å². The highest BCUT2D eigenvalue weighted by Gasteiger charge is 2.19. The molecule has 0 radical (unpaired) electrons. The minimum absolute atomic E-state index is 0.317. The van der Waals surface area contributed by atoms with Crippen LogP contribution in [-0.2, 0) is 0 Å². The highest BCUT2D eigenvalue weighted by atomic mass is 35.5. The second kappa shape index (κ2) is 7.83. The number of methoxy groups -OCH3 is 1. The number of ether oxygens (including phenoxy) is 3. The molecule has 0 fully saturated rings. The van der Waals surface area contributed by atoms with Gasteiger partial charge in [-0.3, -0.25) is 10.1 Å². The molecule has 2 heterocycles. The molecule has 1 aliphatic heterocycles. The van der Waals surface area contributed by atoms with Gasteiger partial charge in [0.1, 0.15) is 19.0 Å².